The molecule has 2 rings (SSSR count). The standard InChI is InChI=1S/C20H28N4O3/c1-3-23(4-2)13-8-12-21-15-17-18(25)22-20(27)24(19(17)26)14-11-16-9-6-5-7-10-16/h5-7,9-10,15,26H,3-4,8,11-14H2,1-2H3,(H,22,25,27). The Bertz CT molecular complexity index is 852. The van der Waals surface area contributed by atoms with Crippen molar-refractivity contribution in [1.29, 1.82) is 0 Å². The Hall–Kier alpha value is -2.67. The number of aryl methyl sites for hydroxylation is 1. The van der Waals surface area contributed by atoms with Crippen molar-refractivity contribution < 1.29 is 5.11 Å². The predicted molar refractivity (Wildman–Crippen MR) is 108 cm³/mol. The first-order chi connectivity index (χ1) is 13.1. The Balaban J connectivity index is 2.07. The molecule has 0 radical (unpaired) electrons. The van der Waals surface area contributed by atoms with Crippen LogP contribution in [-0.2, 0) is 13.0 Å². The largest absolute Gasteiger partial charge is 0.494 e. The predicted octanol–water partition coefficient (Wildman–Crippen LogP) is 1.64. The van der Waals surface area contributed by atoms with Crippen molar-refractivity contribution >= 4 is 6.21 Å². The number of benzene rings is 1. The normalized spacial score (nSPS) is 11.5. The van der Waals surface area contributed by atoms with Crippen molar-refractivity contribution in [2.45, 2.75) is 33.2 Å². The van der Waals surface area contributed by atoms with Crippen LogP contribution >= 0.6 is 0 Å². The van der Waals surface area contributed by atoms with E-state index in [1.54, 1.807) is 0 Å². The van der Waals surface area contributed by atoms with E-state index in [-0.39, 0.29) is 18.0 Å². The second-order valence-corrected chi connectivity index (χ2v) is 6.30. The average Bonchev–Trinajstić information content (AvgIpc) is 2.67. The quantitative estimate of drug-likeness (QED) is 0.490. The van der Waals surface area contributed by atoms with Gasteiger partial charge in [-0.2, -0.15) is 0 Å². The number of aromatic nitrogens is 2. The Morgan fingerprint density at radius 1 is 1.19 bits per heavy atom. The topological polar surface area (TPSA) is 90.7 Å². The minimum Gasteiger partial charge on any atom is -0.494 e. The van der Waals surface area contributed by atoms with E-state index in [2.05, 4.69) is 28.7 Å². The van der Waals surface area contributed by atoms with Gasteiger partial charge in [-0.25, -0.2) is 4.79 Å². The van der Waals surface area contributed by atoms with Crippen molar-refractivity contribution in [3.05, 3.63) is 62.3 Å². The van der Waals surface area contributed by atoms with Gasteiger partial charge in [0.1, 0.15) is 5.56 Å². The molecule has 0 fully saturated rings. The zero-order valence-electron chi connectivity index (χ0n) is 16.0. The molecule has 1 aromatic heterocycles. The van der Waals surface area contributed by atoms with E-state index in [1.807, 2.05) is 30.3 Å². The van der Waals surface area contributed by atoms with Gasteiger partial charge in [0.2, 0.25) is 5.88 Å². The van der Waals surface area contributed by atoms with Gasteiger partial charge in [0.25, 0.3) is 5.56 Å². The molecule has 0 atom stereocenters. The maximum atomic E-state index is 12.0. The summed E-state index contributed by atoms with van der Waals surface area (Å²) < 4.78 is 1.17. The summed E-state index contributed by atoms with van der Waals surface area (Å²) in [6, 6.07) is 9.66. The van der Waals surface area contributed by atoms with E-state index in [4.69, 9.17) is 0 Å². The zero-order chi connectivity index (χ0) is 19.6. The molecule has 146 valence electrons. The second kappa shape index (κ2) is 10.5. The molecule has 7 heteroatoms. The first kappa shape index (κ1) is 20.6. The molecule has 0 saturated carbocycles. The smallest absolute Gasteiger partial charge is 0.331 e. The van der Waals surface area contributed by atoms with Crippen molar-refractivity contribution in [3.8, 4) is 5.88 Å². The van der Waals surface area contributed by atoms with Crippen LogP contribution in [0, 0.1) is 0 Å². The number of aromatic amines is 1. The summed E-state index contributed by atoms with van der Waals surface area (Å²) in [6.07, 6.45) is 2.79. The zero-order valence-corrected chi connectivity index (χ0v) is 16.0. The van der Waals surface area contributed by atoms with Crippen LogP contribution in [0.5, 0.6) is 5.88 Å². The molecule has 0 saturated heterocycles. The van der Waals surface area contributed by atoms with Gasteiger partial charge in [0.15, 0.2) is 0 Å². The van der Waals surface area contributed by atoms with Gasteiger partial charge in [-0.15, -0.1) is 0 Å². The average molecular weight is 372 g/mol. The van der Waals surface area contributed by atoms with E-state index in [1.165, 1.54) is 10.8 Å². The molecule has 2 N–H and O–H groups in total. The number of nitrogens with zero attached hydrogens (tertiary/aromatic N) is 3. The van der Waals surface area contributed by atoms with Crippen LogP contribution in [0.15, 0.2) is 44.9 Å². The Morgan fingerprint density at radius 3 is 2.56 bits per heavy atom. The molecule has 1 aromatic carbocycles. The molecular formula is C20H28N4O3. The highest BCUT2D eigenvalue weighted by Crippen LogP contribution is 2.10. The number of rotatable bonds is 10. The third-order valence-electron chi connectivity index (χ3n) is 4.55. The van der Waals surface area contributed by atoms with Crippen molar-refractivity contribution in [3.63, 3.8) is 0 Å². The van der Waals surface area contributed by atoms with Crippen molar-refractivity contribution in [2.75, 3.05) is 26.2 Å². The monoisotopic (exact) mass is 372 g/mol. The summed E-state index contributed by atoms with van der Waals surface area (Å²) in [6.45, 7) is 7.97. The van der Waals surface area contributed by atoms with Crippen LogP contribution < -0.4 is 11.2 Å². The van der Waals surface area contributed by atoms with Crippen LogP contribution in [0.3, 0.4) is 0 Å². The third kappa shape index (κ3) is 5.92. The summed E-state index contributed by atoms with van der Waals surface area (Å²) >= 11 is 0. The lowest BCUT2D eigenvalue weighted by Gasteiger charge is -2.16. The van der Waals surface area contributed by atoms with Gasteiger partial charge in [0.05, 0.1) is 0 Å². The lowest BCUT2D eigenvalue weighted by atomic mass is 10.1. The Kier molecular flexibility index (Phi) is 8.00. The summed E-state index contributed by atoms with van der Waals surface area (Å²) in [5, 5.41) is 10.4. The molecule has 0 aliphatic carbocycles. The SMILES string of the molecule is CCN(CC)CCCN=Cc1c(O)n(CCc2ccccc2)c(=O)[nH]c1=O. The van der Waals surface area contributed by atoms with Crippen molar-refractivity contribution in [1.82, 2.24) is 14.5 Å². The van der Waals surface area contributed by atoms with Gasteiger partial charge in [-0.1, -0.05) is 44.2 Å². The lowest BCUT2D eigenvalue weighted by Crippen LogP contribution is -2.32. The van der Waals surface area contributed by atoms with Gasteiger partial charge in [0, 0.05) is 19.3 Å². The first-order valence-corrected chi connectivity index (χ1v) is 9.39. The fraction of sp³-hybridized carbons (Fsp3) is 0.450. The van der Waals surface area contributed by atoms with E-state index in [9.17, 15) is 14.7 Å². The minimum absolute atomic E-state index is 0.0190. The maximum absolute atomic E-state index is 12.0. The fourth-order valence-electron chi connectivity index (χ4n) is 2.87. The van der Waals surface area contributed by atoms with Crippen molar-refractivity contribution in [2.24, 2.45) is 4.99 Å². The van der Waals surface area contributed by atoms with E-state index in [0.29, 0.717) is 13.0 Å². The van der Waals surface area contributed by atoms with Gasteiger partial charge >= 0.3 is 5.69 Å². The molecule has 0 aliphatic heterocycles. The van der Waals surface area contributed by atoms with Crippen LogP contribution in [0.25, 0.3) is 0 Å². The molecule has 0 unspecified atom stereocenters. The Morgan fingerprint density at radius 2 is 1.89 bits per heavy atom. The number of H-pyrrole nitrogens is 1. The molecule has 2 aromatic rings. The number of aromatic hydroxyl groups is 1. The summed E-state index contributed by atoms with van der Waals surface area (Å²) in [7, 11) is 0. The van der Waals surface area contributed by atoms with Crippen LogP contribution in [0.1, 0.15) is 31.4 Å². The van der Waals surface area contributed by atoms with Crippen LogP contribution in [0.4, 0.5) is 0 Å². The highest BCUT2D eigenvalue weighted by atomic mass is 16.3. The van der Waals surface area contributed by atoms with Gasteiger partial charge in [-0.3, -0.25) is 19.3 Å². The molecule has 27 heavy (non-hydrogen) atoms. The van der Waals surface area contributed by atoms with Gasteiger partial charge < -0.3 is 10.0 Å². The Labute approximate surface area is 159 Å². The summed E-state index contributed by atoms with van der Waals surface area (Å²) in [4.78, 5) is 32.9. The number of hydrogen-bond donors (Lipinski definition) is 2. The first-order valence-electron chi connectivity index (χ1n) is 9.39. The summed E-state index contributed by atoms with van der Waals surface area (Å²) in [5.74, 6) is -0.341. The minimum atomic E-state index is -0.624. The molecule has 0 amide bonds. The molecule has 7 nitrogen and oxygen atoms in total. The molecule has 1 heterocycles. The van der Waals surface area contributed by atoms with E-state index < -0.39 is 11.2 Å². The number of aliphatic imine (C=N–C) groups is 1. The number of nitrogens with one attached hydrogen (secondary N) is 1. The molecule has 0 aliphatic rings. The highest BCUT2D eigenvalue weighted by Gasteiger charge is 2.12. The van der Waals surface area contributed by atoms with Crippen LogP contribution in [0.2, 0.25) is 0 Å². The van der Waals surface area contributed by atoms with Gasteiger partial charge in [-0.05, 0) is 38.0 Å². The second-order valence-electron chi connectivity index (χ2n) is 6.30. The third-order valence-corrected chi connectivity index (χ3v) is 4.55. The number of hydrogen-bond acceptors (Lipinski definition) is 5. The molecule has 0 bridgehead atoms. The van der Waals surface area contributed by atoms with E-state index >= 15 is 0 Å². The van der Waals surface area contributed by atoms with E-state index in [0.717, 1.165) is 31.6 Å². The molecular weight excluding hydrogens is 344 g/mol. The highest BCUT2D eigenvalue weighted by molar-refractivity contribution is 5.81. The summed E-state index contributed by atoms with van der Waals surface area (Å²) in [5.41, 5.74) is -0.180. The molecule has 0 spiro atoms. The lowest BCUT2D eigenvalue weighted by molar-refractivity contribution is 0.302. The van der Waals surface area contributed by atoms with Crippen LogP contribution in [-0.4, -0.2) is 52.0 Å². The fourth-order valence-corrected chi connectivity index (χ4v) is 2.87. The maximum Gasteiger partial charge on any atom is 0.331 e.